The topological polar surface area (TPSA) is 72.1 Å². The van der Waals surface area contributed by atoms with Gasteiger partial charge < -0.3 is 9.42 Å². The Morgan fingerprint density at radius 2 is 2.00 bits per heavy atom. The summed E-state index contributed by atoms with van der Waals surface area (Å²) in [4.78, 5) is 22.8. The predicted molar refractivity (Wildman–Crippen MR) is 93.2 cm³/mol. The molecule has 0 N–H and O–H groups in total. The van der Waals surface area contributed by atoms with Gasteiger partial charge in [-0.25, -0.2) is 0 Å². The summed E-state index contributed by atoms with van der Waals surface area (Å²) < 4.78 is 5.42. The maximum atomic E-state index is 12.5. The Morgan fingerprint density at radius 3 is 2.72 bits per heavy atom. The number of hydrogen-bond donors (Lipinski definition) is 0. The SMILES string of the molecule is Cc1cc(C)cc(N2C[C@@H](c3nc(-c4cccnc4)no3)CC2=O)c1. The van der Waals surface area contributed by atoms with Crippen molar-refractivity contribution in [3.05, 3.63) is 59.7 Å². The van der Waals surface area contributed by atoms with Gasteiger partial charge in [0.05, 0.1) is 5.92 Å². The highest BCUT2D eigenvalue weighted by atomic mass is 16.5. The average molecular weight is 334 g/mol. The first-order valence-electron chi connectivity index (χ1n) is 8.23. The molecule has 1 saturated heterocycles. The van der Waals surface area contributed by atoms with Gasteiger partial charge in [-0.1, -0.05) is 11.2 Å². The van der Waals surface area contributed by atoms with Gasteiger partial charge in [-0.3, -0.25) is 9.78 Å². The lowest BCUT2D eigenvalue weighted by atomic mass is 10.1. The molecule has 25 heavy (non-hydrogen) atoms. The Hall–Kier alpha value is -3.02. The minimum atomic E-state index is -0.0914. The van der Waals surface area contributed by atoms with Crippen LogP contribution in [0.1, 0.15) is 29.4 Å². The van der Waals surface area contributed by atoms with Crippen LogP contribution in [0.15, 0.2) is 47.2 Å². The van der Waals surface area contributed by atoms with Gasteiger partial charge in [0.15, 0.2) is 0 Å². The molecule has 0 bridgehead atoms. The molecule has 1 atom stereocenters. The number of aromatic nitrogens is 3. The van der Waals surface area contributed by atoms with Gasteiger partial charge >= 0.3 is 0 Å². The number of benzene rings is 1. The van der Waals surface area contributed by atoms with Crippen molar-refractivity contribution < 1.29 is 9.32 Å². The summed E-state index contributed by atoms with van der Waals surface area (Å²) in [7, 11) is 0. The summed E-state index contributed by atoms with van der Waals surface area (Å²) in [6, 6.07) is 9.86. The molecule has 1 aromatic carbocycles. The third kappa shape index (κ3) is 3.03. The van der Waals surface area contributed by atoms with Gasteiger partial charge in [0.25, 0.3) is 0 Å². The number of rotatable bonds is 3. The van der Waals surface area contributed by atoms with Crippen LogP contribution in [0, 0.1) is 13.8 Å². The third-order valence-corrected chi connectivity index (χ3v) is 4.35. The van der Waals surface area contributed by atoms with Gasteiger partial charge in [-0.2, -0.15) is 4.98 Å². The number of amides is 1. The fraction of sp³-hybridized carbons (Fsp3) is 0.263. The number of carbonyl (C=O) groups is 1. The lowest BCUT2D eigenvalue weighted by molar-refractivity contribution is -0.117. The number of anilines is 1. The highest BCUT2D eigenvalue weighted by Gasteiger charge is 2.35. The molecule has 0 saturated carbocycles. The Morgan fingerprint density at radius 1 is 1.20 bits per heavy atom. The molecular formula is C19H18N4O2. The zero-order chi connectivity index (χ0) is 17.4. The molecule has 0 radical (unpaired) electrons. The van der Waals surface area contributed by atoms with Crippen molar-refractivity contribution in [1.29, 1.82) is 0 Å². The molecule has 126 valence electrons. The lowest BCUT2D eigenvalue weighted by Crippen LogP contribution is -2.24. The molecule has 4 rings (SSSR count). The van der Waals surface area contributed by atoms with E-state index in [2.05, 4.69) is 21.2 Å². The van der Waals surface area contributed by atoms with Crippen LogP contribution in [-0.2, 0) is 4.79 Å². The molecular weight excluding hydrogens is 316 g/mol. The number of nitrogens with zero attached hydrogens (tertiary/aromatic N) is 4. The molecule has 0 unspecified atom stereocenters. The second-order valence-electron chi connectivity index (χ2n) is 6.45. The largest absolute Gasteiger partial charge is 0.339 e. The van der Waals surface area contributed by atoms with Gasteiger partial charge in [-0.15, -0.1) is 0 Å². The first kappa shape index (κ1) is 15.5. The number of carbonyl (C=O) groups excluding carboxylic acids is 1. The highest BCUT2D eigenvalue weighted by molar-refractivity contribution is 5.96. The maximum absolute atomic E-state index is 12.5. The Balaban J connectivity index is 1.57. The van der Waals surface area contributed by atoms with E-state index >= 15 is 0 Å². The first-order chi connectivity index (χ1) is 12.1. The molecule has 0 aliphatic carbocycles. The second kappa shape index (κ2) is 6.12. The average Bonchev–Trinajstić information content (AvgIpc) is 3.21. The maximum Gasteiger partial charge on any atom is 0.232 e. The summed E-state index contributed by atoms with van der Waals surface area (Å²) in [5, 5.41) is 4.03. The van der Waals surface area contributed by atoms with Crippen LogP contribution in [-0.4, -0.2) is 27.6 Å². The van der Waals surface area contributed by atoms with Crippen molar-refractivity contribution in [3.63, 3.8) is 0 Å². The zero-order valence-electron chi connectivity index (χ0n) is 14.1. The summed E-state index contributed by atoms with van der Waals surface area (Å²) >= 11 is 0. The number of aryl methyl sites for hydroxylation is 2. The molecule has 6 nitrogen and oxygen atoms in total. The van der Waals surface area contributed by atoms with Crippen LogP contribution in [0.2, 0.25) is 0 Å². The minimum absolute atomic E-state index is 0.0797. The van der Waals surface area contributed by atoms with Crippen molar-refractivity contribution in [3.8, 4) is 11.4 Å². The molecule has 6 heteroatoms. The fourth-order valence-electron chi connectivity index (χ4n) is 3.24. The van der Waals surface area contributed by atoms with E-state index in [1.165, 1.54) is 0 Å². The van der Waals surface area contributed by atoms with Crippen LogP contribution in [0.3, 0.4) is 0 Å². The van der Waals surface area contributed by atoms with E-state index in [0.717, 1.165) is 22.4 Å². The molecule has 3 aromatic rings. The minimum Gasteiger partial charge on any atom is -0.339 e. The number of pyridine rings is 1. The zero-order valence-corrected chi connectivity index (χ0v) is 14.1. The molecule has 1 aliphatic rings. The Kier molecular flexibility index (Phi) is 3.80. The van der Waals surface area contributed by atoms with E-state index in [1.54, 1.807) is 17.3 Å². The van der Waals surface area contributed by atoms with E-state index in [9.17, 15) is 4.79 Å². The molecule has 2 aromatic heterocycles. The second-order valence-corrected chi connectivity index (χ2v) is 6.45. The number of hydrogen-bond acceptors (Lipinski definition) is 5. The van der Waals surface area contributed by atoms with Gasteiger partial charge in [0.1, 0.15) is 0 Å². The quantitative estimate of drug-likeness (QED) is 0.735. The van der Waals surface area contributed by atoms with Crippen molar-refractivity contribution in [2.75, 3.05) is 11.4 Å². The fourth-order valence-corrected chi connectivity index (χ4v) is 3.24. The van der Waals surface area contributed by atoms with Gasteiger partial charge in [-0.05, 0) is 49.2 Å². The Bertz CT molecular complexity index is 900. The van der Waals surface area contributed by atoms with E-state index in [-0.39, 0.29) is 11.8 Å². The van der Waals surface area contributed by atoms with E-state index < -0.39 is 0 Å². The Labute approximate surface area is 145 Å². The van der Waals surface area contributed by atoms with E-state index in [1.807, 2.05) is 38.1 Å². The normalized spacial score (nSPS) is 17.3. The van der Waals surface area contributed by atoms with Crippen LogP contribution in [0.25, 0.3) is 11.4 Å². The standard InChI is InChI=1S/C19H18N4O2/c1-12-6-13(2)8-16(7-12)23-11-15(9-17(23)24)19-21-18(22-25-19)14-4-3-5-20-10-14/h3-8,10,15H,9,11H2,1-2H3/t15-/m0/s1. The molecule has 0 spiro atoms. The van der Waals surface area contributed by atoms with Crippen molar-refractivity contribution >= 4 is 11.6 Å². The van der Waals surface area contributed by atoms with Crippen LogP contribution >= 0.6 is 0 Å². The molecule has 3 heterocycles. The van der Waals surface area contributed by atoms with Crippen molar-refractivity contribution in [2.24, 2.45) is 0 Å². The van der Waals surface area contributed by atoms with Gasteiger partial charge in [0, 0.05) is 36.6 Å². The monoisotopic (exact) mass is 334 g/mol. The van der Waals surface area contributed by atoms with Gasteiger partial charge in [0.2, 0.25) is 17.6 Å². The molecule has 1 amide bonds. The van der Waals surface area contributed by atoms with Crippen LogP contribution in [0.4, 0.5) is 5.69 Å². The highest BCUT2D eigenvalue weighted by Crippen LogP contribution is 2.32. The molecule has 1 aliphatic heterocycles. The summed E-state index contributed by atoms with van der Waals surface area (Å²) in [6.07, 6.45) is 3.76. The molecule has 1 fully saturated rings. The van der Waals surface area contributed by atoms with Crippen molar-refractivity contribution in [2.45, 2.75) is 26.2 Å². The van der Waals surface area contributed by atoms with Crippen LogP contribution in [0.5, 0.6) is 0 Å². The summed E-state index contributed by atoms with van der Waals surface area (Å²) in [5.41, 5.74) is 4.01. The summed E-state index contributed by atoms with van der Waals surface area (Å²) in [5.74, 6) is 0.988. The van der Waals surface area contributed by atoms with Crippen molar-refractivity contribution in [1.82, 2.24) is 15.1 Å². The van der Waals surface area contributed by atoms with E-state index in [0.29, 0.717) is 24.7 Å². The van der Waals surface area contributed by atoms with Crippen LogP contribution < -0.4 is 4.90 Å². The lowest BCUT2D eigenvalue weighted by Gasteiger charge is -2.17. The first-order valence-corrected chi connectivity index (χ1v) is 8.23. The summed E-state index contributed by atoms with van der Waals surface area (Å²) in [6.45, 7) is 4.62. The third-order valence-electron chi connectivity index (χ3n) is 4.35. The van der Waals surface area contributed by atoms with E-state index in [4.69, 9.17) is 4.52 Å². The smallest absolute Gasteiger partial charge is 0.232 e. The predicted octanol–water partition coefficient (Wildman–Crippen LogP) is 3.27.